The molecule has 2 amide bonds. The summed E-state index contributed by atoms with van der Waals surface area (Å²) in [6.07, 6.45) is -3.06. The minimum absolute atomic E-state index is 0.0919. The van der Waals surface area contributed by atoms with Crippen molar-refractivity contribution in [3.8, 4) is 0 Å². The molecule has 0 spiro atoms. The van der Waals surface area contributed by atoms with Crippen LogP contribution in [0.15, 0.2) is 0 Å². The molecule has 0 saturated carbocycles. The van der Waals surface area contributed by atoms with Gasteiger partial charge in [0.05, 0.1) is 11.8 Å². The van der Waals surface area contributed by atoms with Crippen molar-refractivity contribution in [3.05, 3.63) is 0 Å². The van der Waals surface area contributed by atoms with Crippen molar-refractivity contribution in [2.75, 3.05) is 19.6 Å². The fourth-order valence-corrected chi connectivity index (χ4v) is 2.65. The number of carbonyl (C=O) groups is 2. The number of amides is 2. The highest BCUT2D eigenvalue weighted by Gasteiger charge is 2.43. The maximum atomic E-state index is 12.7. The lowest BCUT2D eigenvalue weighted by Crippen LogP contribution is -2.50. The zero-order valence-corrected chi connectivity index (χ0v) is 10.5. The van der Waals surface area contributed by atoms with Gasteiger partial charge in [0, 0.05) is 26.1 Å². The van der Waals surface area contributed by atoms with Crippen molar-refractivity contribution in [1.82, 2.24) is 10.2 Å². The molecule has 2 aliphatic rings. The maximum absolute atomic E-state index is 12.7. The Kier molecular flexibility index (Phi) is 4.01. The normalized spacial score (nSPS) is 29.0. The van der Waals surface area contributed by atoms with Gasteiger partial charge in [-0.15, -0.1) is 0 Å². The van der Waals surface area contributed by atoms with Gasteiger partial charge in [-0.3, -0.25) is 9.59 Å². The Hall–Kier alpha value is -1.27. The molecule has 2 rings (SSSR count). The van der Waals surface area contributed by atoms with Gasteiger partial charge in [-0.2, -0.15) is 13.2 Å². The third-order valence-corrected chi connectivity index (χ3v) is 3.81. The van der Waals surface area contributed by atoms with Crippen LogP contribution in [0.1, 0.15) is 25.7 Å². The molecule has 7 heteroatoms. The number of likely N-dealkylation sites (tertiary alicyclic amines) is 1. The number of halogens is 3. The molecule has 0 aliphatic carbocycles. The Morgan fingerprint density at radius 1 is 1.32 bits per heavy atom. The van der Waals surface area contributed by atoms with E-state index < -0.39 is 12.1 Å². The number of piperidine rings is 2. The first-order valence-electron chi connectivity index (χ1n) is 6.50. The van der Waals surface area contributed by atoms with E-state index in [1.807, 2.05) is 0 Å². The van der Waals surface area contributed by atoms with Crippen LogP contribution < -0.4 is 5.32 Å². The topological polar surface area (TPSA) is 49.4 Å². The smallest absolute Gasteiger partial charge is 0.355 e. The van der Waals surface area contributed by atoms with Gasteiger partial charge in [-0.1, -0.05) is 0 Å². The van der Waals surface area contributed by atoms with Crippen molar-refractivity contribution in [2.45, 2.75) is 31.9 Å². The molecule has 0 unspecified atom stereocenters. The monoisotopic (exact) mass is 278 g/mol. The quantitative estimate of drug-likeness (QED) is 0.786. The molecule has 0 radical (unpaired) electrons. The number of carbonyl (C=O) groups excluding carboxylic acids is 2. The SMILES string of the molecule is O=C1CC[C@@H](C(=O)N2CCC[C@@H](C(F)(F)F)C2)CN1. The van der Waals surface area contributed by atoms with Crippen molar-refractivity contribution >= 4 is 11.8 Å². The van der Waals surface area contributed by atoms with Gasteiger partial charge in [-0.25, -0.2) is 0 Å². The third-order valence-electron chi connectivity index (χ3n) is 3.81. The van der Waals surface area contributed by atoms with E-state index in [1.54, 1.807) is 0 Å². The fourth-order valence-electron chi connectivity index (χ4n) is 2.65. The predicted octanol–water partition coefficient (Wildman–Crippen LogP) is 1.31. The zero-order valence-electron chi connectivity index (χ0n) is 10.5. The molecule has 1 N–H and O–H groups in total. The van der Waals surface area contributed by atoms with Gasteiger partial charge in [0.1, 0.15) is 0 Å². The second-order valence-corrected chi connectivity index (χ2v) is 5.20. The van der Waals surface area contributed by atoms with E-state index in [0.717, 1.165) is 0 Å². The van der Waals surface area contributed by atoms with Crippen LogP contribution in [-0.2, 0) is 9.59 Å². The minimum Gasteiger partial charge on any atom is -0.355 e. The summed E-state index contributed by atoms with van der Waals surface area (Å²) >= 11 is 0. The third kappa shape index (κ3) is 3.39. The molecule has 0 aromatic carbocycles. The second-order valence-electron chi connectivity index (χ2n) is 5.20. The van der Waals surface area contributed by atoms with Crippen LogP contribution in [0, 0.1) is 11.8 Å². The van der Waals surface area contributed by atoms with Crippen molar-refractivity contribution < 1.29 is 22.8 Å². The average Bonchev–Trinajstić information content (AvgIpc) is 2.38. The van der Waals surface area contributed by atoms with E-state index in [2.05, 4.69) is 5.32 Å². The van der Waals surface area contributed by atoms with Gasteiger partial charge in [0.25, 0.3) is 0 Å². The predicted molar refractivity (Wildman–Crippen MR) is 61.1 cm³/mol. The molecule has 2 heterocycles. The number of hydrogen-bond donors (Lipinski definition) is 1. The summed E-state index contributed by atoms with van der Waals surface area (Å²) in [6.45, 7) is 0.382. The van der Waals surface area contributed by atoms with Crippen LogP contribution >= 0.6 is 0 Å². The summed E-state index contributed by atoms with van der Waals surface area (Å²) in [4.78, 5) is 24.5. The molecular formula is C12H17F3N2O2. The molecule has 0 aromatic rings. The number of nitrogens with one attached hydrogen (secondary N) is 1. The highest BCUT2D eigenvalue weighted by atomic mass is 19.4. The van der Waals surface area contributed by atoms with E-state index >= 15 is 0 Å². The molecule has 0 aromatic heterocycles. The van der Waals surface area contributed by atoms with E-state index in [-0.39, 0.29) is 43.7 Å². The van der Waals surface area contributed by atoms with E-state index in [1.165, 1.54) is 4.90 Å². The van der Waals surface area contributed by atoms with Crippen LogP contribution in [-0.4, -0.2) is 42.5 Å². The Morgan fingerprint density at radius 3 is 2.63 bits per heavy atom. The molecule has 2 aliphatic heterocycles. The largest absolute Gasteiger partial charge is 0.393 e. The summed E-state index contributed by atoms with van der Waals surface area (Å²) < 4.78 is 38.0. The van der Waals surface area contributed by atoms with Crippen LogP contribution in [0.4, 0.5) is 13.2 Å². The summed E-state index contributed by atoms with van der Waals surface area (Å²) in [5, 5.41) is 2.58. The average molecular weight is 278 g/mol. The van der Waals surface area contributed by atoms with Gasteiger partial charge >= 0.3 is 6.18 Å². The number of nitrogens with zero attached hydrogens (tertiary/aromatic N) is 1. The number of alkyl halides is 3. The lowest BCUT2D eigenvalue weighted by molar-refractivity contribution is -0.188. The minimum atomic E-state index is -4.24. The second kappa shape index (κ2) is 5.38. The van der Waals surface area contributed by atoms with E-state index in [9.17, 15) is 22.8 Å². The number of hydrogen-bond acceptors (Lipinski definition) is 2. The summed E-state index contributed by atoms with van der Waals surface area (Å²) in [7, 11) is 0. The first-order valence-corrected chi connectivity index (χ1v) is 6.50. The lowest BCUT2D eigenvalue weighted by atomic mass is 9.93. The highest BCUT2D eigenvalue weighted by Crippen LogP contribution is 2.33. The standard InChI is InChI=1S/C12H17F3N2O2/c13-12(14,15)9-2-1-5-17(7-9)11(19)8-3-4-10(18)16-6-8/h8-9H,1-7H2,(H,16,18)/t8-,9-/m1/s1. The van der Waals surface area contributed by atoms with Crippen LogP contribution in [0.25, 0.3) is 0 Å². The van der Waals surface area contributed by atoms with Gasteiger partial charge in [0.2, 0.25) is 11.8 Å². The Labute approximate surface area is 109 Å². The fraction of sp³-hybridized carbons (Fsp3) is 0.833. The molecule has 4 nitrogen and oxygen atoms in total. The van der Waals surface area contributed by atoms with Crippen molar-refractivity contribution in [2.24, 2.45) is 11.8 Å². The van der Waals surface area contributed by atoms with Gasteiger partial charge in [-0.05, 0) is 19.3 Å². The van der Waals surface area contributed by atoms with Crippen molar-refractivity contribution in [3.63, 3.8) is 0 Å². The Morgan fingerprint density at radius 2 is 2.05 bits per heavy atom. The molecule has 108 valence electrons. The van der Waals surface area contributed by atoms with Crippen LogP contribution in [0.5, 0.6) is 0 Å². The molecular weight excluding hydrogens is 261 g/mol. The molecule has 0 bridgehead atoms. The molecule has 2 saturated heterocycles. The zero-order chi connectivity index (χ0) is 14.0. The van der Waals surface area contributed by atoms with E-state index in [4.69, 9.17) is 0 Å². The lowest BCUT2D eigenvalue weighted by Gasteiger charge is -2.36. The molecule has 19 heavy (non-hydrogen) atoms. The first-order chi connectivity index (χ1) is 8.88. The molecule has 2 fully saturated rings. The van der Waals surface area contributed by atoms with Crippen molar-refractivity contribution in [1.29, 1.82) is 0 Å². The summed E-state index contributed by atoms with van der Waals surface area (Å²) in [6, 6.07) is 0. The highest BCUT2D eigenvalue weighted by molar-refractivity contribution is 5.83. The van der Waals surface area contributed by atoms with E-state index in [0.29, 0.717) is 19.4 Å². The maximum Gasteiger partial charge on any atom is 0.393 e. The summed E-state index contributed by atoms with van der Waals surface area (Å²) in [5.74, 6) is -2.14. The van der Waals surface area contributed by atoms with Crippen LogP contribution in [0.2, 0.25) is 0 Å². The number of rotatable bonds is 1. The Balaban J connectivity index is 1.93. The van der Waals surface area contributed by atoms with Crippen LogP contribution in [0.3, 0.4) is 0 Å². The van der Waals surface area contributed by atoms with Gasteiger partial charge < -0.3 is 10.2 Å². The molecule has 2 atom stereocenters. The Bertz CT molecular complexity index is 360. The van der Waals surface area contributed by atoms with Gasteiger partial charge in [0.15, 0.2) is 0 Å². The first kappa shape index (κ1) is 14.1. The summed E-state index contributed by atoms with van der Waals surface area (Å²) in [5.41, 5.74) is 0.